The van der Waals surface area contributed by atoms with Crippen molar-refractivity contribution in [2.45, 2.75) is 0 Å². The fraction of sp³-hybridized carbons (Fsp3) is 0. The average molecular weight is 385 g/mol. The molecule has 3 rings (SSSR count). The molecular formula is C18H18SSn. The van der Waals surface area contributed by atoms with E-state index in [-0.39, 0.29) is 13.5 Å². The summed E-state index contributed by atoms with van der Waals surface area (Å²) in [4.78, 5) is 0. The van der Waals surface area contributed by atoms with Crippen molar-refractivity contribution < 1.29 is 0 Å². The van der Waals surface area contributed by atoms with E-state index in [4.69, 9.17) is 0 Å². The van der Waals surface area contributed by atoms with E-state index in [1.165, 1.54) is 0 Å². The van der Waals surface area contributed by atoms with Crippen molar-refractivity contribution >= 4 is 44.0 Å². The Morgan fingerprint density at radius 3 is 0.900 bits per heavy atom. The van der Waals surface area contributed by atoms with Gasteiger partial charge in [-0.2, -0.15) is 13.5 Å². The van der Waals surface area contributed by atoms with Crippen LogP contribution in [0.15, 0.2) is 91.0 Å². The van der Waals surface area contributed by atoms with Gasteiger partial charge < -0.3 is 0 Å². The van der Waals surface area contributed by atoms with Crippen molar-refractivity contribution in [3.63, 3.8) is 0 Å². The molecule has 20 heavy (non-hydrogen) atoms. The number of rotatable bonds is 3. The Morgan fingerprint density at radius 1 is 0.400 bits per heavy atom. The second-order valence-electron chi connectivity index (χ2n) is 4.67. The van der Waals surface area contributed by atoms with Crippen molar-refractivity contribution in [2.24, 2.45) is 0 Å². The number of benzene rings is 3. The van der Waals surface area contributed by atoms with Crippen LogP contribution in [0.4, 0.5) is 0 Å². The van der Waals surface area contributed by atoms with E-state index in [2.05, 4.69) is 91.0 Å². The maximum atomic E-state index is 2.29. The van der Waals surface area contributed by atoms with E-state index in [1.807, 2.05) is 0 Å². The average Bonchev–Trinajstić information content (AvgIpc) is 2.51. The number of hydrogen-bond acceptors (Lipinski definition) is 0. The molecule has 0 radical (unpaired) electrons. The molecule has 0 aliphatic rings. The normalized spacial score (nSPS) is 10.1. The standard InChI is InChI=1S/3C6H5.H2S.Sn.H/c3*1-2-4-6-5-3-1;;;/h3*1-5H;1H2;;. The van der Waals surface area contributed by atoms with Crippen molar-refractivity contribution in [3.05, 3.63) is 91.0 Å². The molecular weight excluding hydrogens is 367 g/mol. The Bertz CT molecular complexity index is 529. The summed E-state index contributed by atoms with van der Waals surface area (Å²) in [6.07, 6.45) is 0. The summed E-state index contributed by atoms with van der Waals surface area (Å²) in [7, 11) is 0. The second kappa shape index (κ2) is 7.55. The predicted molar refractivity (Wildman–Crippen MR) is 95.8 cm³/mol. The van der Waals surface area contributed by atoms with Gasteiger partial charge in [-0.25, -0.2) is 0 Å². The number of hydrogen-bond donors (Lipinski definition) is 0. The Balaban J connectivity index is 0.00000147. The van der Waals surface area contributed by atoms with E-state index in [9.17, 15) is 0 Å². The van der Waals surface area contributed by atoms with E-state index < -0.39 is 19.8 Å². The van der Waals surface area contributed by atoms with Crippen LogP contribution in [0, 0.1) is 0 Å². The zero-order valence-electron chi connectivity index (χ0n) is 11.2. The van der Waals surface area contributed by atoms with E-state index in [1.54, 1.807) is 10.7 Å². The Hall–Kier alpha value is -1.19. The summed E-state index contributed by atoms with van der Waals surface area (Å²) in [5, 5.41) is 0. The minimum absolute atomic E-state index is 0. The molecule has 0 bridgehead atoms. The summed E-state index contributed by atoms with van der Waals surface area (Å²) >= 11 is -2.14. The SMILES string of the molecule is S.c1cc[c]([SnH]([c]2ccccc2)[c]2ccccc2)cc1. The van der Waals surface area contributed by atoms with Crippen molar-refractivity contribution in [1.82, 2.24) is 0 Å². The molecule has 2 heteroatoms. The van der Waals surface area contributed by atoms with Gasteiger partial charge in [0.25, 0.3) is 0 Å². The molecule has 0 atom stereocenters. The van der Waals surface area contributed by atoms with E-state index in [0.717, 1.165) is 0 Å². The van der Waals surface area contributed by atoms with Crippen LogP contribution in [0.25, 0.3) is 0 Å². The molecule has 0 aliphatic carbocycles. The molecule has 0 aliphatic heterocycles. The van der Waals surface area contributed by atoms with Gasteiger partial charge in [-0.3, -0.25) is 0 Å². The fourth-order valence-electron chi connectivity index (χ4n) is 2.51. The first-order valence-corrected chi connectivity index (χ1v) is 11.5. The summed E-state index contributed by atoms with van der Waals surface area (Å²) in [5.41, 5.74) is 0. The summed E-state index contributed by atoms with van der Waals surface area (Å²) < 4.78 is 4.63. The van der Waals surface area contributed by atoms with Crippen LogP contribution in [-0.2, 0) is 0 Å². The van der Waals surface area contributed by atoms with Crippen LogP contribution < -0.4 is 10.7 Å². The zero-order chi connectivity index (χ0) is 12.9. The third-order valence-electron chi connectivity index (χ3n) is 3.40. The summed E-state index contributed by atoms with van der Waals surface area (Å²) in [5.74, 6) is 0. The molecule has 0 unspecified atom stereocenters. The van der Waals surface area contributed by atoms with Gasteiger partial charge in [-0.05, 0) is 0 Å². The monoisotopic (exact) mass is 386 g/mol. The molecule has 3 aromatic rings. The first kappa shape index (κ1) is 15.2. The van der Waals surface area contributed by atoms with Crippen LogP contribution in [0.5, 0.6) is 0 Å². The summed E-state index contributed by atoms with van der Waals surface area (Å²) in [6.45, 7) is 0. The van der Waals surface area contributed by atoms with Gasteiger partial charge in [-0.15, -0.1) is 0 Å². The summed E-state index contributed by atoms with van der Waals surface area (Å²) in [6, 6.07) is 33.0. The molecule has 0 N–H and O–H groups in total. The molecule has 0 nitrogen and oxygen atoms in total. The molecule has 0 saturated heterocycles. The van der Waals surface area contributed by atoms with Gasteiger partial charge in [0.2, 0.25) is 0 Å². The Morgan fingerprint density at radius 2 is 0.650 bits per heavy atom. The van der Waals surface area contributed by atoms with Crippen LogP contribution in [0.1, 0.15) is 0 Å². The van der Waals surface area contributed by atoms with Crippen molar-refractivity contribution in [3.8, 4) is 0 Å². The van der Waals surface area contributed by atoms with E-state index in [0.29, 0.717) is 0 Å². The molecule has 0 aromatic heterocycles. The van der Waals surface area contributed by atoms with Crippen LogP contribution in [0.2, 0.25) is 0 Å². The third kappa shape index (κ3) is 3.47. The van der Waals surface area contributed by atoms with Crippen LogP contribution in [-0.4, -0.2) is 19.8 Å². The van der Waals surface area contributed by atoms with Gasteiger partial charge in [0.05, 0.1) is 0 Å². The Labute approximate surface area is 134 Å². The second-order valence-corrected chi connectivity index (χ2v) is 12.8. The maximum absolute atomic E-state index is 2.29. The van der Waals surface area contributed by atoms with E-state index >= 15 is 0 Å². The van der Waals surface area contributed by atoms with Gasteiger partial charge in [0, 0.05) is 0 Å². The first-order valence-electron chi connectivity index (χ1n) is 6.60. The van der Waals surface area contributed by atoms with Gasteiger partial charge in [0.1, 0.15) is 0 Å². The topological polar surface area (TPSA) is 0 Å². The zero-order valence-corrected chi connectivity index (χ0v) is 15.5. The van der Waals surface area contributed by atoms with Crippen molar-refractivity contribution in [2.75, 3.05) is 0 Å². The van der Waals surface area contributed by atoms with Crippen molar-refractivity contribution in [1.29, 1.82) is 0 Å². The molecule has 100 valence electrons. The molecule has 0 fully saturated rings. The first-order chi connectivity index (χ1) is 9.45. The van der Waals surface area contributed by atoms with Gasteiger partial charge >= 0.3 is 121 Å². The van der Waals surface area contributed by atoms with Gasteiger partial charge in [-0.1, -0.05) is 0 Å². The van der Waals surface area contributed by atoms with Crippen LogP contribution in [0.3, 0.4) is 0 Å². The quantitative estimate of drug-likeness (QED) is 0.606. The fourth-order valence-corrected chi connectivity index (χ4v) is 11.0. The van der Waals surface area contributed by atoms with Crippen LogP contribution >= 0.6 is 13.5 Å². The molecule has 0 spiro atoms. The molecule has 0 heterocycles. The predicted octanol–water partition coefficient (Wildman–Crippen LogP) is 2.05. The molecule has 0 amide bonds. The minimum atomic E-state index is -2.14. The van der Waals surface area contributed by atoms with Gasteiger partial charge in [0.15, 0.2) is 0 Å². The molecule has 0 saturated carbocycles. The third-order valence-corrected chi connectivity index (χ3v) is 12.4. The Kier molecular flexibility index (Phi) is 5.74. The molecule has 3 aromatic carbocycles.